The number of aliphatic hydroxyl groups is 2. The zero-order chi connectivity index (χ0) is 24.1. The Kier molecular flexibility index (Phi) is 7.26. The first-order valence-electron chi connectivity index (χ1n) is 9.89. The van der Waals surface area contributed by atoms with Crippen molar-refractivity contribution in [2.75, 3.05) is 6.61 Å². The molecule has 33 heavy (non-hydrogen) atoms. The van der Waals surface area contributed by atoms with Gasteiger partial charge in [0.15, 0.2) is 11.6 Å². The van der Waals surface area contributed by atoms with Crippen LogP contribution in [0.4, 0.5) is 17.6 Å². The van der Waals surface area contributed by atoms with E-state index in [-0.39, 0.29) is 11.3 Å². The number of hydrogen-bond acceptors (Lipinski definition) is 4. The zero-order valence-corrected chi connectivity index (χ0v) is 17.4. The van der Waals surface area contributed by atoms with Crippen LogP contribution in [0.25, 0.3) is 0 Å². The van der Waals surface area contributed by atoms with Crippen molar-refractivity contribution in [1.82, 2.24) is 0 Å². The first kappa shape index (κ1) is 24.1. The van der Waals surface area contributed by atoms with Crippen molar-refractivity contribution in [3.63, 3.8) is 0 Å². The fourth-order valence-electron chi connectivity index (χ4n) is 2.91. The van der Waals surface area contributed by atoms with Gasteiger partial charge in [-0.3, -0.25) is 0 Å². The fourth-order valence-corrected chi connectivity index (χ4v) is 2.91. The fraction of sp³-hybridized carbons (Fsp3) is 0.200. The van der Waals surface area contributed by atoms with Crippen LogP contribution in [0.2, 0.25) is 0 Å². The minimum Gasteiger partial charge on any atom is -0.494 e. The quantitative estimate of drug-likeness (QED) is 0.377. The van der Waals surface area contributed by atoms with E-state index in [0.29, 0.717) is 18.1 Å². The van der Waals surface area contributed by atoms with E-state index in [9.17, 15) is 27.8 Å². The predicted molar refractivity (Wildman–Crippen MR) is 113 cm³/mol. The molecule has 3 aromatic rings. The Labute approximate surface area is 188 Å². The van der Waals surface area contributed by atoms with Crippen LogP contribution in [0.15, 0.2) is 72.8 Å². The number of para-hydroxylation sites is 1. The second-order valence-corrected chi connectivity index (χ2v) is 6.94. The second-order valence-electron chi connectivity index (χ2n) is 6.94. The monoisotopic (exact) mass is 460 g/mol. The molecule has 0 heterocycles. The number of alkyl halides is 3. The molecule has 0 aromatic heterocycles. The Morgan fingerprint density at radius 1 is 0.939 bits per heavy atom. The lowest BCUT2D eigenvalue weighted by atomic mass is 9.93. The third kappa shape index (κ3) is 5.64. The molecule has 0 saturated carbocycles. The van der Waals surface area contributed by atoms with Gasteiger partial charge in [0.1, 0.15) is 17.6 Å². The van der Waals surface area contributed by atoms with Gasteiger partial charge < -0.3 is 19.7 Å². The molecule has 0 amide bonds. The van der Waals surface area contributed by atoms with Crippen molar-refractivity contribution >= 4 is 0 Å². The van der Waals surface area contributed by atoms with E-state index in [2.05, 4.69) is 0 Å². The van der Waals surface area contributed by atoms with Crippen LogP contribution >= 0.6 is 0 Å². The van der Waals surface area contributed by atoms with Crippen molar-refractivity contribution in [2.45, 2.75) is 24.8 Å². The zero-order valence-electron chi connectivity index (χ0n) is 17.4. The summed E-state index contributed by atoms with van der Waals surface area (Å²) in [5, 5.41) is 20.7. The van der Waals surface area contributed by atoms with Crippen LogP contribution in [-0.2, 0) is 5.60 Å². The topological polar surface area (TPSA) is 58.9 Å². The molecule has 0 saturated heterocycles. The Bertz CT molecular complexity index is 1140. The van der Waals surface area contributed by atoms with E-state index in [1.54, 1.807) is 43.2 Å². The molecule has 0 aliphatic heterocycles. The van der Waals surface area contributed by atoms with Crippen molar-refractivity contribution in [3.05, 3.63) is 89.7 Å². The van der Waals surface area contributed by atoms with Crippen LogP contribution in [0.1, 0.15) is 24.2 Å². The van der Waals surface area contributed by atoms with Gasteiger partial charge >= 0.3 is 6.18 Å². The first-order valence-corrected chi connectivity index (χ1v) is 9.89. The highest BCUT2D eigenvalue weighted by Crippen LogP contribution is 2.39. The molecular weight excluding hydrogens is 440 g/mol. The molecule has 0 spiro atoms. The third-order valence-electron chi connectivity index (χ3n) is 4.63. The Morgan fingerprint density at radius 2 is 1.61 bits per heavy atom. The Balaban J connectivity index is 1.90. The molecule has 0 aliphatic carbocycles. The number of halogens is 4. The van der Waals surface area contributed by atoms with Gasteiger partial charge in [-0.15, -0.1) is 0 Å². The van der Waals surface area contributed by atoms with E-state index in [4.69, 9.17) is 9.47 Å². The molecule has 2 N–H and O–H groups in total. The maximum atomic E-state index is 14.1. The van der Waals surface area contributed by atoms with Gasteiger partial charge in [0, 0.05) is 5.56 Å². The molecule has 0 aliphatic rings. The maximum absolute atomic E-state index is 14.1. The van der Waals surface area contributed by atoms with Crippen LogP contribution in [0.5, 0.6) is 17.2 Å². The molecule has 2 atom stereocenters. The average Bonchev–Trinajstić information content (AvgIpc) is 2.79. The Morgan fingerprint density at radius 3 is 2.21 bits per heavy atom. The van der Waals surface area contributed by atoms with E-state index < -0.39 is 29.3 Å². The summed E-state index contributed by atoms with van der Waals surface area (Å²) >= 11 is 0. The number of benzene rings is 3. The highest BCUT2D eigenvalue weighted by atomic mass is 19.4. The van der Waals surface area contributed by atoms with Gasteiger partial charge in [0.05, 0.1) is 6.61 Å². The van der Waals surface area contributed by atoms with Crippen molar-refractivity contribution in [2.24, 2.45) is 0 Å². The van der Waals surface area contributed by atoms with E-state index in [0.717, 1.165) is 30.3 Å². The van der Waals surface area contributed by atoms with Gasteiger partial charge in [-0.2, -0.15) is 13.2 Å². The summed E-state index contributed by atoms with van der Waals surface area (Å²) in [6.07, 6.45) is -6.91. The maximum Gasteiger partial charge on any atom is 0.433 e. The molecule has 0 bridgehead atoms. The van der Waals surface area contributed by atoms with Gasteiger partial charge in [0.2, 0.25) is 5.60 Å². The lowest BCUT2D eigenvalue weighted by molar-refractivity contribution is -0.240. The minimum absolute atomic E-state index is 0.00829. The molecule has 2 unspecified atom stereocenters. The summed E-state index contributed by atoms with van der Waals surface area (Å²) in [6, 6.07) is 16.2. The summed E-state index contributed by atoms with van der Waals surface area (Å²) in [5.74, 6) is 3.45. The van der Waals surface area contributed by atoms with Crippen molar-refractivity contribution in [1.29, 1.82) is 0 Å². The summed E-state index contributed by atoms with van der Waals surface area (Å²) in [6.45, 7) is 2.04. The lowest BCUT2D eigenvalue weighted by Crippen LogP contribution is -2.41. The van der Waals surface area contributed by atoms with E-state index in [1.165, 1.54) is 12.1 Å². The van der Waals surface area contributed by atoms with E-state index in [1.807, 2.05) is 5.92 Å². The van der Waals surface area contributed by atoms with Crippen LogP contribution in [0.3, 0.4) is 0 Å². The summed E-state index contributed by atoms with van der Waals surface area (Å²) in [7, 11) is 0. The molecule has 8 heteroatoms. The normalized spacial score (nSPS) is 13.9. The molecule has 3 aromatic carbocycles. The van der Waals surface area contributed by atoms with Crippen LogP contribution in [0, 0.1) is 17.7 Å². The van der Waals surface area contributed by atoms with Gasteiger partial charge in [0.25, 0.3) is 0 Å². The largest absolute Gasteiger partial charge is 0.494 e. The van der Waals surface area contributed by atoms with Gasteiger partial charge in [-0.25, -0.2) is 4.39 Å². The van der Waals surface area contributed by atoms with Gasteiger partial charge in [-0.05, 0) is 48.9 Å². The SMILES string of the molecule is CCOc1ccc(C(O)(C#CC(O)c2ccc(F)c(Oc3ccccc3)c2)C(F)(F)F)cc1. The summed E-state index contributed by atoms with van der Waals surface area (Å²) < 4.78 is 65.9. The molecular formula is C25H20F4O4. The number of rotatable bonds is 6. The minimum atomic E-state index is -5.16. The molecule has 4 nitrogen and oxygen atoms in total. The molecule has 3 rings (SSSR count). The average molecular weight is 460 g/mol. The smallest absolute Gasteiger partial charge is 0.433 e. The summed E-state index contributed by atoms with van der Waals surface area (Å²) in [5.41, 5.74) is -4.08. The molecule has 0 radical (unpaired) electrons. The standard InChI is InChI=1S/C25H20F4O4/c1-2-32-19-11-9-18(10-12-19)24(31,25(27,28)29)15-14-22(30)17-8-13-21(26)23(16-17)33-20-6-4-3-5-7-20/h3-13,16,22,30-31H,2H2,1H3. The van der Waals surface area contributed by atoms with Crippen LogP contribution < -0.4 is 9.47 Å². The summed E-state index contributed by atoms with van der Waals surface area (Å²) in [4.78, 5) is 0. The van der Waals surface area contributed by atoms with Crippen molar-refractivity contribution in [3.8, 4) is 29.1 Å². The highest BCUT2D eigenvalue weighted by molar-refractivity contribution is 5.41. The molecule has 172 valence electrons. The Hall–Kier alpha value is -3.54. The van der Waals surface area contributed by atoms with Crippen LogP contribution in [-0.4, -0.2) is 23.0 Å². The first-order chi connectivity index (χ1) is 15.6. The lowest BCUT2D eigenvalue weighted by Gasteiger charge is -2.26. The third-order valence-corrected chi connectivity index (χ3v) is 4.63. The second kappa shape index (κ2) is 9.94. The highest BCUT2D eigenvalue weighted by Gasteiger charge is 2.54. The predicted octanol–water partition coefficient (Wildman–Crippen LogP) is 5.50. The van der Waals surface area contributed by atoms with Crippen molar-refractivity contribution < 1.29 is 37.2 Å². The van der Waals surface area contributed by atoms with E-state index >= 15 is 0 Å². The number of ether oxygens (including phenoxy) is 2. The number of hydrogen-bond donors (Lipinski definition) is 2. The molecule has 0 fully saturated rings. The number of aliphatic hydroxyl groups excluding tert-OH is 1. The van der Waals surface area contributed by atoms with Gasteiger partial charge in [-0.1, -0.05) is 48.2 Å².